The van der Waals surface area contributed by atoms with Crippen LogP contribution in [0.2, 0.25) is 10.0 Å². The quantitative estimate of drug-likeness (QED) is 0.592. The van der Waals surface area contributed by atoms with Crippen molar-refractivity contribution in [2.75, 3.05) is 18.4 Å². The maximum atomic E-state index is 12.7. The lowest BCUT2D eigenvalue weighted by molar-refractivity contribution is -0.120. The van der Waals surface area contributed by atoms with Crippen LogP contribution in [-0.4, -0.2) is 36.7 Å². The second-order valence-corrected chi connectivity index (χ2v) is 11.3. The number of nitrogens with one attached hydrogen (secondary N) is 1. The highest BCUT2D eigenvalue weighted by atomic mass is 35.5. The summed E-state index contributed by atoms with van der Waals surface area (Å²) >= 11 is 14.7. The summed E-state index contributed by atoms with van der Waals surface area (Å²) in [7, 11) is -3.57. The van der Waals surface area contributed by atoms with E-state index in [9.17, 15) is 13.2 Å². The molecule has 0 radical (unpaired) electrons. The Hall–Kier alpha value is -1.23. The van der Waals surface area contributed by atoms with Crippen LogP contribution in [0.25, 0.3) is 10.2 Å². The van der Waals surface area contributed by atoms with Crippen LogP contribution in [0.4, 0.5) is 5.13 Å². The second kappa shape index (κ2) is 7.89. The molecular weight excluding hydrogens is 461 g/mol. The van der Waals surface area contributed by atoms with Crippen molar-refractivity contribution in [2.45, 2.75) is 17.1 Å². The molecule has 3 aromatic rings. The summed E-state index contributed by atoms with van der Waals surface area (Å²) in [5, 5.41) is 5.89. The van der Waals surface area contributed by atoms with Crippen molar-refractivity contribution >= 4 is 77.2 Å². The molecule has 1 aliphatic heterocycles. The van der Waals surface area contributed by atoms with E-state index < -0.39 is 15.9 Å². The first kappa shape index (κ1) is 20.1. The van der Waals surface area contributed by atoms with Crippen molar-refractivity contribution in [3.63, 3.8) is 0 Å². The monoisotopic (exact) mass is 475 g/mol. The number of carbonyl (C=O) groups excluding carboxylic acids is 1. The number of hydrogen-bond acceptors (Lipinski definition) is 6. The summed E-state index contributed by atoms with van der Waals surface area (Å²) in [6.45, 7) is 0.564. The van der Waals surface area contributed by atoms with E-state index in [1.807, 2.05) is 0 Å². The molecular formula is C17H15Cl2N3O3S3. The molecule has 1 amide bonds. The van der Waals surface area contributed by atoms with Crippen LogP contribution in [0.1, 0.15) is 12.8 Å². The van der Waals surface area contributed by atoms with Gasteiger partial charge in [-0.15, -0.1) is 11.3 Å². The molecule has 3 heterocycles. The average Bonchev–Trinajstić information content (AvgIpc) is 3.36. The molecule has 1 atom stereocenters. The van der Waals surface area contributed by atoms with Crippen molar-refractivity contribution in [1.29, 1.82) is 0 Å². The van der Waals surface area contributed by atoms with Gasteiger partial charge in [-0.2, -0.15) is 4.31 Å². The molecule has 1 unspecified atom stereocenters. The lowest BCUT2D eigenvalue weighted by Crippen LogP contribution is -2.43. The van der Waals surface area contributed by atoms with E-state index in [0.29, 0.717) is 49.0 Å². The second-order valence-electron chi connectivity index (χ2n) is 6.35. The third-order valence-corrected chi connectivity index (χ3v) is 9.49. The van der Waals surface area contributed by atoms with Gasteiger partial charge in [-0.25, -0.2) is 13.4 Å². The van der Waals surface area contributed by atoms with Gasteiger partial charge in [0.2, 0.25) is 5.91 Å². The number of thiazole rings is 1. The Kier molecular flexibility index (Phi) is 5.65. The normalized spacial score (nSPS) is 18.4. The fraction of sp³-hybridized carbons (Fsp3) is 0.294. The van der Waals surface area contributed by atoms with E-state index in [-0.39, 0.29) is 12.5 Å². The number of aromatic nitrogens is 1. The van der Waals surface area contributed by atoms with Crippen molar-refractivity contribution in [3.05, 3.63) is 39.7 Å². The number of nitrogens with zero attached hydrogens (tertiary/aromatic N) is 2. The summed E-state index contributed by atoms with van der Waals surface area (Å²) in [4.78, 5) is 17.1. The van der Waals surface area contributed by atoms with Gasteiger partial charge in [-0.1, -0.05) is 40.6 Å². The van der Waals surface area contributed by atoms with E-state index in [0.717, 1.165) is 0 Å². The minimum absolute atomic E-state index is 0.151. The Morgan fingerprint density at radius 1 is 1.25 bits per heavy atom. The van der Waals surface area contributed by atoms with Crippen LogP contribution in [0.15, 0.2) is 33.9 Å². The Bertz CT molecular complexity index is 1090. The third-order valence-electron chi connectivity index (χ3n) is 4.52. The smallest absolute Gasteiger partial charge is 0.252 e. The van der Waals surface area contributed by atoms with Crippen molar-refractivity contribution in [1.82, 2.24) is 9.29 Å². The number of halogens is 2. The largest absolute Gasteiger partial charge is 0.302 e. The molecule has 6 nitrogen and oxygen atoms in total. The van der Waals surface area contributed by atoms with Crippen LogP contribution in [0, 0.1) is 5.92 Å². The van der Waals surface area contributed by atoms with E-state index in [2.05, 4.69) is 10.3 Å². The van der Waals surface area contributed by atoms with Gasteiger partial charge >= 0.3 is 0 Å². The molecule has 28 heavy (non-hydrogen) atoms. The van der Waals surface area contributed by atoms with Crippen molar-refractivity contribution in [2.24, 2.45) is 5.92 Å². The zero-order valence-electron chi connectivity index (χ0n) is 14.4. The number of thiophene rings is 1. The highest BCUT2D eigenvalue weighted by Crippen LogP contribution is 2.36. The predicted octanol–water partition coefficient (Wildman–Crippen LogP) is 4.70. The Morgan fingerprint density at radius 2 is 2.04 bits per heavy atom. The van der Waals surface area contributed by atoms with Gasteiger partial charge in [0.15, 0.2) is 5.13 Å². The molecule has 0 bridgehead atoms. The number of piperidine rings is 1. The van der Waals surface area contributed by atoms with Gasteiger partial charge in [0.05, 0.1) is 20.7 Å². The lowest BCUT2D eigenvalue weighted by atomic mass is 9.99. The molecule has 1 aromatic carbocycles. The Morgan fingerprint density at radius 3 is 2.75 bits per heavy atom. The third kappa shape index (κ3) is 3.79. The van der Waals surface area contributed by atoms with Gasteiger partial charge in [-0.05, 0) is 36.4 Å². The van der Waals surface area contributed by atoms with Gasteiger partial charge in [0, 0.05) is 13.1 Å². The molecule has 4 rings (SSSR count). The minimum atomic E-state index is -3.57. The summed E-state index contributed by atoms with van der Waals surface area (Å²) in [6.07, 6.45) is 1.24. The minimum Gasteiger partial charge on any atom is -0.302 e. The van der Waals surface area contributed by atoms with Crippen LogP contribution >= 0.6 is 45.9 Å². The average molecular weight is 476 g/mol. The number of rotatable bonds is 4. The van der Waals surface area contributed by atoms with Crippen LogP contribution in [0.3, 0.4) is 0 Å². The summed E-state index contributed by atoms with van der Waals surface area (Å²) in [6, 6.07) is 6.63. The molecule has 2 aromatic heterocycles. The number of amides is 1. The molecule has 1 aliphatic rings. The fourth-order valence-electron chi connectivity index (χ4n) is 3.12. The van der Waals surface area contributed by atoms with Gasteiger partial charge in [0.25, 0.3) is 10.0 Å². The molecule has 0 aliphatic carbocycles. The SMILES string of the molecule is O=C(Nc1nc2c(Cl)ccc(Cl)c2s1)C1CCCN(S(=O)(=O)c2cccs2)C1. The number of carbonyl (C=O) groups is 1. The van der Waals surface area contributed by atoms with E-state index >= 15 is 0 Å². The molecule has 1 fully saturated rings. The van der Waals surface area contributed by atoms with Gasteiger partial charge in [-0.3, -0.25) is 4.79 Å². The van der Waals surface area contributed by atoms with E-state index in [1.54, 1.807) is 29.6 Å². The Labute approximate surface area is 180 Å². The first-order valence-electron chi connectivity index (χ1n) is 8.45. The van der Waals surface area contributed by atoms with Crippen molar-refractivity contribution < 1.29 is 13.2 Å². The molecule has 11 heteroatoms. The Balaban J connectivity index is 1.51. The summed E-state index contributed by atoms with van der Waals surface area (Å²) in [5.41, 5.74) is 0.542. The van der Waals surface area contributed by atoms with E-state index in [1.165, 1.54) is 27.0 Å². The number of fused-ring (bicyclic) bond motifs is 1. The standard InChI is InChI=1S/C17H15Cl2N3O3S3/c18-11-5-6-12(19)15-14(11)20-17(27-15)21-16(23)10-3-1-7-22(9-10)28(24,25)13-4-2-8-26-13/h2,4-6,8,10H,1,3,7,9H2,(H,20,21,23). The zero-order valence-corrected chi connectivity index (χ0v) is 18.4. The molecule has 1 N–H and O–H groups in total. The first-order chi connectivity index (χ1) is 13.4. The lowest BCUT2D eigenvalue weighted by Gasteiger charge is -2.30. The summed E-state index contributed by atoms with van der Waals surface area (Å²) in [5.74, 6) is -0.696. The van der Waals surface area contributed by atoms with Crippen LogP contribution < -0.4 is 5.32 Å². The zero-order chi connectivity index (χ0) is 19.9. The first-order valence-corrected chi connectivity index (χ1v) is 12.3. The fourth-order valence-corrected chi connectivity index (χ4v) is 7.21. The molecule has 0 spiro atoms. The number of hydrogen-bond donors (Lipinski definition) is 1. The maximum absolute atomic E-state index is 12.7. The molecule has 1 saturated heterocycles. The number of anilines is 1. The highest BCUT2D eigenvalue weighted by Gasteiger charge is 2.34. The van der Waals surface area contributed by atoms with Crippen molar-refractivity contribution in [3.8, 4) is 0 Å². The van der Waals surface area contributed by atoms with Gasteiger partial charge < -0.3 is 5.32 Å². The van der Waals surface area contributed by atoms with Crippen LogP contribution in [-0.2, 0) is 14.8 Å². The summed E-state index contributed by atoms with van der Waals surface area (Å²) < 4.78 is 27.9. The highest BCUT2D eigenvalue weighted by molar-refractivity contribution is 7.91. The van der Waals surface area contributed by atoms with Crippen LogP contribution in [0.5, 0.6) is 0 Å². The van der Waals surface area contributed by atoms with Gasteiger partial charge in [0.1, 0.15) is 9.73 Å². The molecule has 0 saturated carbocycles. The number of sulfonamides is 1. The number of benzene rings is 1. The molecule has 148 valence electrons. The topological polar surface area (TPSA) is 79.4 Å². The van der Waals surface area contributed by atoms with E-state index in [4.69, 9.17) is 23.2 Å². The predicted molar refractivity (Wildman–Crippen MR) is 114 cm³/mol. The maximum Gasteiger partial charge on any atom is 0.252 e.